The van der Waals surface area contributed by atoms with Crippen molar-refractivity contribution in [2.24, 2.45) is 0 Å². The second-order valence-corrected chi connectivity index (χ2v) is 10.3. The predicted molar refractivity (Wildman–Crippen MR) is 141 cm³/mol. The van der Waals surface area contributed by atoms with Gasteiger partial charge in [0, 0.05) is 61.6 Å². The minimum atomic E-state index is -0.920. The van der Waals surface area contributed by atoms with E-state index >= 15 is 0 Å². The fraction of sp³-hybridized carbons (Fsp3) is 0.464. The third-order valence-corrected chi connectivity index (χ3v) is 7.89. The molecular weight excluding hydrogens is 490 g/mol. The van der Waals surface area contributed by atoms with E-state index in [1.807, 2.05) is 24.0 Å². The molecule has 0 aliphatic carbocycles. The van der Waals surface area contributed by atoms with E-state index in [9.17, 15) is 13.6 Å². The minimum absolute atomic E-state index is 0.0150. The Labute approximate surface area is 220 Å². The van der Waals surface area contributed by atoms with Gasteiger partial charge in [0.05, 0.1) is 36.5 Å². The number of halogens is 2. The van der Waals surface area contributed by atoms with Crippen LogP contribution in [0.25, 0.3) is 11.0 Å². The van der Waals surface area contributed by atoms with Gasteiger partial charge in [0.1, 0.15) is 5.82 Å². The van der Waals surface area contributed by atoms with E-state index in [0.717, 1.165) is 62.7 Å². The van der Waals surface area contributed by atoms with Crippen LogP contribution in [-0.4, -0.2) is 84.2 Å². The molecule has 3 aromatic rings. The number of fused-ring (bicyclic) bond motifs is 2. The first-order chi connectivity index (χ1) is 18.5. The molecule has 0 spiro atoms. The maximum atomic E-state index is 13.9. The Balaban J connectivity index is 1.36. The maximum Gasteiger partial charge on any atom is 0.254 e. The van der Waals surface area contributed by atoms with Crippen LogP contribution in [0.4, 0.5) is 20.3 Å². The van der Waals surface area contributed by atoms with Gasteiger partial charge in [-0.15, -0.1) is 0 Å². The molecule has 1 aromatic heterocycles. The van der Waals surface area contributed by atoms with Crippen molar-refractivity contribution in [3.05, 3.63) is 59.3 Å². The van der Waals surface area contributed by atoms with E-state index in [4.69, 9.17) is 14.7 Å². The van der Waals surface area contributed by atoms with Gasteiger partial charge in [0.2, 0.25) is 0 Å². The number of nitrogens with one attached hydrogen (secondary N) is 1. The van der Waals surface area contributed by atoms with Gasteiger partial charge < -0.3 is 19.9 Å². The van der Waals surface area contributed by atoms with Crippen molar-refractivity contribution in [2.45, 2.75) is 31.8 Å². The zero-order valence-electron chi connectivity index (χ0n) is 21.5. The number of morpholine rings is 1. The molecule has 0 bridgehead atoms. The van der Waals surface area contributed by atoms with E-state index in [0.29, 0.717) is 48.1 Å². The van der Waals surface area contributed by atoms with Crippen molar-refractivity contribution in [2.75, 3.05) is 62.7 Å². The number of nitrogens with zero attached hydrogens (tertiary/aromatic N) is 5. The minimum Gasteiger partial charge on any atom is -0.378 e. The number of carbonyl (C=O) groups is 1. The second kappa shape index (κ2) is 10.4. The average Bonchev–Trinajstić information content (AvgIpc) is 3.42. The normalized spacial score (nSPS) is 21.0. The SMILES string of the molecule is CC(Nc1ccc(F)c(F)c1)c1cc(C(=O)N2CCN3CCC[C@@H]3C2)cc2ncc(N3CCOCC3)nc12. The summed E-state index contributed by atoms with van der Waals surface area (Å²) < 4.78 is 32.9. The van der Waals surface area contributed by atoms with Gasteiger partial charge in [-0.25, -0.2) is 13.8 Å². The Morgan fingerprint density at radius 3 is 2.74 bits per heavy atom. The van der Waals surface area contributed by atoms with E-state index in [2.05, 4.69) is 15.1 Å². The molecule has 0 saturated carbocycles. The topological polar surface area (TPSA) is 73.8 Å². The molecule has 2 aromatic carbocycles. The van der Waals surface area contributed by atoms with Gasteiger partial charge in [0.25, 0.3) is 5.91 Å². The van der Waals surface area contributed by atoms with Gasteiger partial charge in [-0.1, -0.05) is 0 Å². The van der Waals surface area contributed by atoms with E-state index in [-0.39, 0.29) is 11.9 Å². The summed E-state index contributed by atoms with van der Waals surface area (Å²) in [6.07, 6.45) is 4.05. The van der Waals surface area contributed by atoms with Gasteiger partial charge in [-0.05, 0) is 50.6 Å². The molecule has 38 heavy (non-hydrogen) atoms. The Kier molecular flexibility index (Phi) is 6.84. The lowest BCUT2D eigenvalue weighted by atomic mass is 10.0. The van der Waals surface area contributed by atoms with Crippen LogP contribution in [0.3, 0.4) is 0 Å². The van der Waals surface area contributed by atoms with Crippen molar-refractivity contribution < 1.29 is 18.3 Å². The summed E-state index contributed by atoms with van der Waals surface area (Å²) in [4.78, 5) is 29.9. The van der Waals surface area contributed by atoms with E-state index < -0.39 is 11.6 Å². The Hall–Kier alpha value is -3.37. The number of hydrogen-bond donors (Lipinski definition) is 1. The number of ether oxygens (including phenoxy) is 1. The molecule has 1 N–H and O–H groups in total. The van der Waals surface area contributed by atoms with Crippen molar-refractivity contribution in [1.82, 2.24) is 19.8 Å². The Bertz CT molecular complexity index is 1350. The van der Waals surface area contributed by atoms with Crippen LogP contribution < -0.4 is 10.2 Å². The van der Waals surface area contributed by atoms with Gasteiger partial charge in [-0.2, -0.15) is 0 Å². The van der Waals surface area contributed by atoms with Crippen molar-refractivity contribution in [1.29, 1.82) is 0 Å². The van der Waals surface area contributed by atoms with Gasteiger partial charge in [-0.3, -0.25) is 14.7 Å². The summed E-state index contributed by atoms with van der Waals surface area (Å²) >= 11 is 0. The zero-order valence-corrected chi connectivity index (χ0v) is 21.5. The van der Waals surface area contributed by atoms with Crippen LogP contribution in [0.5, 0.6) is 0 Å². The highest BCUT2D eigenvalue weighted by Gasteiger charge is 2.33. The summed E-state index contributed by atoms with van der Waals surface area (Å²) in [6, 6.07) is 7.51. The first-order valence-electron chi connectivity index (χ1n) is 13.3. The lowest BCUT2D eigenvalue weighted by Gasteiger charge is -2.37. The second-order valence-electron chi connectivity index (χ2n) is 10.3. The predicted octanol–water partition coefficient (Wildman–Crippen LogP) is 3.84. The lowest BCUT2D eigenvalue weighted by molar-refractivity contribution is 0.0571. The van der Waals surface area contributed by atoms with Gasteiger partial charge >= 0.3 is 0 Å². The average molecular weight is 523 g/mol. The Morgan fingerprint density at radius 2 is 1.92 bits per heavy atom. The molecule has 3 aliphatic rings. The quantitative estimate of drug-likeness (QED) is 0.546. The summed E-state index contributed by atoms with van der Waals surface area (Å²) in [7, 11) is 0. The summed E-state index contributed by atoms with van der Waals surface area (Å²) in [5.74, 6) is -1.08. The number of anilines is 2. The Morgan fingerprint density at radius 1 is 1.08 bits per heavy atom. The van der Waals surface area contributed by atoms with Crippen molar-refractivity contribution in [3.8, 4) is 0 Å². The molecule has 4 heterocycles. The highest BCUT2D eigenvalue weighted by molar-refractivity contribution is 5.98. The monoisotopic (exact) mass is 522 g/mol. The number of benzene rings is 2. The molecule has 0 radical (unpaired) electrons. The number of hydrogen-bond acceptors (Lipinski definition) is 7. The molecule has 3 saturated heterocycles. The number of amides is 1. The first-order valence-corrected chi connectivity index (χ1v) is 13.3. The largest absolute Gasteiger partial charge is 0.378 e. The summed E-state index contributed by atoms with van der Waals surface area (Å²) in [5.41, 5.74) is 3.08. The molecule has 200 valence electrons. The number of carbonyl (C=O) groups excluding carboxylic acids is 1. The lowest BCUT2D eigenvalue weighted by Crippen LogP contribution is -2.52. The molecule has 3 aliphatic heterocycles. The molecule has 8 nitrogen and oxygen atoms in total. The van der Waals surface area contributed by atoms with E-state index in [1.165, 1.54) is 12.5 Å². The van der Waals surface area contributed by atoms with Crippen LogP contribution in [0.1, 0.15) is 41.7 Å². The number of rotatable bonds is 5. The fourth-order valence-electron chi connectivity index (χ4n) is 5.80. The smallest absolute Gasteiger partial charge is 0.254 e. The highest BCUT2D eigenvalue weighted by Crippen LogP contribution is 2.30. The zero-order chi connectivity index (χ0) is 26.2. The first kappa shape index (κ1) is 24.9. The molecule has 1 unspecified atom stereocenters. The van der Waals surface area contributed by atoms with Crippen LogP contribution in [0, 0.1) is 11.6 Å². The molecule has 6 rings (SSSR count). The third-order valence-electron chi connectivity index (χ3n) is 7.89. The third kappa shape index (κ3) is 4.90. The van der Waals surface area contributed by atoms with Crippen molar-refractivity contribution >= 4 is 28.4 Å². The van der Waals surface area contributed by atoms with Crippen LogP contribution in [0.2, 0.25) is 0 Å². The summed E-state index contributed by atoms with van der Waals surface area (Å²) in [6.45, 7) is 8.07. The molecular formula is C28H32F2N6O2. The molecule has 1 amide bonds. The fourth-order valence-corrected chi connectivity index (χ4v) is 5.80. The summed E-state index contributed by atoms with van der Waals surface area (Å²) in [5, 5.41) is 3.25. The maximum absolute atomic E-state index is 13.9. The van der Waals surface area contributed by atoms with Crippen LogP contribution >= 0.6 is 0 Å². The van der Waals surface area contributed by atoms with Gasteiger partial charge in [0.15, 0.2) is 11.6 Å². The van der Waals surface area contributed by atoms with Crippen LogP contribution in [-0.2, 0) is 4.74 Å². The van der Waals surface area contributed by atoms with Crippen molar-refractivity contribution in [3.63, 3.8) is 0 Å². The van der Waals surface area contributed by atoms with Crippen LogP contribution in [0.15, 0.2) is 36.5 Å². The standard InChI is InChI=1S/C28H32F2N6O2/c1-18(32-20-4-5-23(29)24(30)15-20)22-13-19(28(37)36-8-7-34-6-2-3-21(34)17-36)14-25-27(22)33-26(16-31-25)35-9-11-38-12-10-35/h4-5,13-16,18,21,32H,2-3,6-12,17H2,1H3/t18?,21-/m1/s1. The highest BCUT2D eigenvalue weighted by atomic mass is 19.2. The number of aromatic nitrogens is 2. The molecule has 2 atom stereocenters. The number of piperazine rings is 1. The molecule has 3 fully saturated rings. The molecule has 10 heteroatoms. The van der Waals surface area contributed by atoms with E-state index in [1.54, 1.807) is 6.20 Å².